The van der Waals surface area contributed by atoms with E-state index in [-0.39, 0.29) is 6.42 Å². The number of rotatable bonds is 7. The third-order valence-corrected chi connectivity index (χ3v) is 3.31. The minimum absolute atomic E-state index is 0.248. The first-order chi connectivity index (χ1) is 8.55. The van der Waals surface area contributed by atoms with Gasteiger partial charge in [-0.05, 0) is 19.3 Å². The van der Waals surface area contributed by atoms with E-state index in [2.05, 4.69) is 11.9 Å². The average molecular weight is 265 g/mol. The fourth-order valence-corrected chi connectivity index (χ4v) is 2.35. The largest absolute Gasteiger partial charge is 0.393 e. The number of hydrogen-bond donors (Lipinski definition) is 1. The molecule has 1 saturated carbocycles. The topological polar surface area (TPSA) is 21.3 Å². The van der Waals surface area contributed by atoms with Crippen molar-refractivity contribution in [2.75, 3.05) is 19.8 Å². The maximum atomic E-state index is 12.8. The summed E-state index contributed by atoms with van der Waals surface area (Å²) >= 11 is 0. The molecule has 0 aromatic rings. The van der Waals surface area contributed by atoms with Crippen LogP contribution in [-0.4, -0.2) is 32.0 Å². The summed E-state index contributed by atoms with van der Waals surface area (Å²) < 4.78 is 43.6. The summed E-state index contributed by atoms with van der Waals surface area (Å²) in [5.74, 6) is -1.19. The van der Waals surface area contributed by atoms with Crippen LogP contribution in [0.15, 0.2) is 12.7 Å². The van der Waals surface area contributed by atoms with Crippen LogP contribution in [0.1, 0.15) is 32.1 Å². The van der Waals surface area contributed by atoms with Gasteiger partial charge in [0.05, 0.1) is 19.1 Å². The van der Waals surface area contributed by atoms with Crippen LogP contribution in [-0.2, 0) is 4.74 Å². The SMILES string of the molecule is C=CCCOCCNC1CCCCC1C(F)(F)F. The molecule has 106 valence electrons. The Kier molecular flexibility index (Phi) is 6.71. The summed E-state index contributed by atoms with van der Waals surface area (Å²) in [7, 11) is 0. The van der Waals surface area contributed by atoms with E-state index in [1.165, 1.54) is 0 Å². The van der Waals surface area contributed by atoms with Gasteiger partial charge in [0, 0.05) is 12.6 Å². The zero-order valence-electron chi connectivity index (χ0n) is 10.6. The van der Waals surface area contributed by atoms with Crippen molar-refractivity contribution in [2.24, 2.45) is 5.92 Å². The number of halogens is 3. The van der Waals surface area contributed by atoms with Gasteiger partial charge in [-0.3, -0.25) is 0 Å². The molecule has 2 atom stereocenters. The summed E-state index contributed by atoms with van der Waals surface area (Å²) in [5.41, 5.74) is 0. The fourth-order valence-electron chi connectivity index (χ4n) is 2.35. The fraction of sp³-hybridized carbons (Fsp3) is 0.846. The number of alkyl halides is 3. The van der Waals surface area contributed by atoms with E-state index >= 15 is 0 Å². The molecule has 0 bridgehead atoms. The lowest BCUT2D eigenvalue weighted by Crippen LogP contribution is -2.46. The van der Waals surface area contributed by atoms with E-state index in [4.69, 9.17) is 4.74 Å². The number of ether oxygens (including phenoxy) is 1. The Morgan fingerprint density at radius 3 is 2.61 bits per heavy atom. The van der Waals surface area contributed by atoms with Crippen molar-refractivity contribution >= 4 is 0 Å². The Labute approximate surface area is 107 Å². The van der Waals surface area contributed by atoms with Gasteiger partial charge in [-0.25, -0.2) is 0 Å². The van der Waals surface area contributed by atoms with Crippen molar-refractivity contribution in [1.29, 1.82) is 0 Å². The molecule has 1 N–H and O–H groups in total. The van der Waals surface area contributed by atoms with E-state index in [1.54, 1.807) is 6.08 Å². The quantitative estimate of drug-likeness (QED) is 0.563. The molecule has 18 heavy (non-hydrogen) atoms. The van der Waals surface area contributed by atoms with Gasteiger partial charge in [0.1, 0.15) is 0 Å². The second-order valence-corrected chi connectivity index (χ2v) is 4.68. The van der Waals surface area contributed by atoms with Gasteiger partial charge in [-0.2, -0.15) is 13.2 Å². The van der Waals surface area contributed by atoms with Gasteiger partial charge >= 0.3 is 6.18 Å². The van der Waals surface area contributed by atoms with Crippen LogP contribution < -0.4 is 5.32 Å². The first-order valence-electron chi connectivity index (χ1n) is 6.54. The number of hydrogen-bond acceptors (Lipinski definition) is 2. The molecule has 2 unspecified atom stereocenters. The van der Waals surface area contributed by atoms with Gasteiger partial charge in [-0.1, -0.05) is 18.9 Å². The summed E-state index contributed by atoms with van der Waals surface area (Å²) in [4.78, 5) is 0. The van der Waals surface area contributed by atoms with Gasteiger partial charge in [0.2, 0.25) is 0 Å². The lowest BCUT2D eigenvalue weighted by atomic mass is 9.84. The minimum atomic E-state index is -4.08. The van der Waals surface area contributed by atoms with Gasteiger partial charge < -0.3 is 10.1 Å². The first-order valence-corrected chi connectivity index (χ1v) is 6.54. The highest BCUT2D eigenvalue weighted by Gasteiger charge is 2.45. The smallest absolute Gasteiger partial charge is 0.380 e. The highest BCUT2D eigenvalue weighted by Crippen LogP contribution is 2.37. The first kappa shape index (κ1) is 15.5. The summed E-state index contributed by atoms with van der Waals surface area (Å²) in [6, 6.07) is -0.443. The van der Waals surface area contributed by atoms with Crippen molar-refractivity contribution < 1.29 is 17.9 Å². The molecule has 1 aliphatic rings. The average Bonchev–Trinajstić information content (AvgIpc) is 2.33. The monoisotopic (exact) mass is 265 g/mol. The molecule has 0 aromatic carbocycles. The Hall–Kier alpha value is -0.550. The van der Waals surface area contributed by atoms with Crippen LogP contribution in [0.4, 0.5) is 13.2 Å². The Morgan fingerprint density at radius 2 is 1.94 bits per heavy atom. The zero-order valence-corrected chi connectivity index (χ0v) is 10.6. The Bertz CT molecular complexity index is 243. The summed E-state index contributed by atoms with van der Waals surface area (Å²) in [6.07, 6.45) is 0.861. The molecule has 1 rings (SSSR count). The maximum absolute atomic E-state index is 12.8. The van der Waals surface area contributed by atoms with Crippen molar-refractivity contribution in [3.63, 3.8) is 0 Å². The minimum Gasteiger partial charge on any atom is -0.380 e. The van der Waals surface area contributed by atoms with Crippen LogP contribution in [0.3, 0.4) is 0 Å². The molecule has 0 aliphatic heterocycles. The van der Waals surface area contributed by atoms with Gasteiger partial charge in [0.25, 0.3) is 0 Å². The second kappa shape index (κ2) is 7.79. The third kappa shape index (κ3) is 5.40. The molecule has 0 radical (unpaired) electrons. The molecule has 0 aromatic heterocycles. The zero-order chi connectivity index (χ0) is 13.4. The predicted molar refractivity (Wildman–Crippen MR) is 65.4 cm³/mol. The molecule has 0 spiro atoms. The molecule has 0 heterocycles. The lowest BCUT2D eigenvalue weighted by molar-refractivity contribution is -0.189. The molecule has 1 aliphatic carbocycles. The van der Waals surface area contributed by atoms with E-state index in [9.17, 15) is 13.2 Å². The lowest BCUT2D eigenvalue weighted by Gasteiger charge is -2.33. The number of nitrogens with one attached hydrogen (secondary N) is 1. The van der Waals surface area contributed by atoms with Crippen LogP contribution in [0.5, 0.6) is 0 Å². The normalized spacial score (nSPS) is 25.1. The third-order valence-electron chi connectivity index (χ3n) is 3.31. The van der Waals surface area contributed by atoms with Crippen molar-refractivity contribution in [3.8, 4) is 0 Å². The second-order valence-electron chi connectivity index (χ2n) is 4.68. The van der Waals surface area contributed by atoms with Crippen LogP contribution in [0.25, 0.3) is 0 Å². The molecule has 1 fully saturated rings. The molecule has 0 saturated heterocycles. The molecular formula is C13H22F3NO. The van der Waals surface area contributed by atoms with Crippen molar-refractivity contribution in [2.45, 2.75) is 44.3 Å². The van der Waals surface area contributed by atoms with Crippen LogP contribution >= 0.6 is 0 Å². The van der Waals surface area contributed by atoms with E-state index in [0.29, 0.717) is 32.6 Å². The molecule has 5 heteroatoms. The molecule has 2 nitrogen and oxygen atoms in total. The Balaban J connectivity index is 2.23. The van der Waals surface area contributed by atoms with Crippen LogP contribution in [0, 0.1) is 5.92 Å². The van der Waals surface area contributed by atoms with E-state index in [1.807, 2.05) is 0 Å². The van der Waals surface area contributed by atoms with Crippen molar-refractivity contribution in [3.05, 3.63) is 12.7 Å². The summed E-state index contributed by atoms with van der Waals surface area (Å²) in [6.45, 7) is 5.08. The van der Waals surface area contributed by atoms with Crippen molar-refractivity contribution in [1.82, 2.24) is 5.32 Å². The highest BCUT2D eigenvalue weighted by molar-refractivity contribution is 4.85. The summed E-state index contributed by atoms with van der Waals surface area (Å²) in [5, 5.41) is 2.98. The van der Waals surface area contributed by atoms with Gasteiger partial charge in [-0.15, -0.1) is 6.58 Å². The van der Waals surface area contributed by atoms with E-state index < -0.39 is 18.1 Å². The maximum Gasteiger partial charge on any atom is 0.393 e. The standard InChI is InChI=1S/C13H22F3NO/c1-2-3-9-18-10-8-17-12-7-5-4-6-11(12)13(14,15)16/h2,11-12,17H,1,3-10H2. The molecular weight excluding hydrogens is 243 g/mol. The van der Waals surface area contributed by atoms with Crippen LogP contribution in [0.2, 0.25) is 0 Å². The Morgan fingerprint density at radius 1 is 1.22 bits per heavy atom. The predicted octanol–water partition coefficient (Wildman–Crippen LogP) is 3.29. The molecule has 0 amide bonds. The highest BCUT2D eigenvalue weighted by atomic mass is 19.4. The van der Waals surface area contributed by atoms with E-state index in [0.717, 1.165) is 12.8 Å². The van der Waals surface area contributed by atoms with Gasteiger partial charge in [0.15, 0.2) is 0 Å².